The summed E-state index contributed by atoms with van der Waals surface area (Å²) in [5.74, 6) is 0.845. The number of ether oxygens (including phenoxy) is 1. The van der Waals surface area contributed by atoms with E-state index in [-0.39, 0.29) is 5.88 Å². The van der Waals surface area contributed by atoms with Crippen molar-refractivity contribution in [3.8, 4) is 16.9 Å². The number of aromatic nitrogens is 1. The summed E-state index contributed by atoms with van der Waals surface area (Å²) < 4.78 is 10.7. The molecule has 0 aliphatic heterocycles. The molecule has 0 amide bonds. The van der Waals surface area contributed by atoms with Crippen LogP contribution in [0.1, 0.15) is 0 Å². The van der Waals surface area contributed by atoms with Gasteiger partial charge in [-0.15, -0.1) is 0 Å². The van der Waals surface area contributed by atoms with E-state index in [0.717, 1.165) is 11.1 Å². The molecule has 2 aromatic heterocycles. The molecule has 6 heteroatoms. The Morgan fingerprint density at radius 1 is 1.20 bits per heavy atom. The summed E-state index contributed by atoms with van der Waals surface area (Å²) in [5, 5.41) is 1.30. The fourth-order valence-electron chi connectivity index (χ4n) is 2.19. The third-order valence-electron chi connectivity index (χ3n) is 3.12. The summed E-state index contributed by atoms with van der Waals surface area (Å²) >= 11 is 6.06. The fraction of sp³-hybridized carbons (Fsp3) is 0.0714. The maximum atomic E-state index is 6.06. The molecule has 3 rings (SSSR count). The molecule has 0 bridgehead atoms. The summed E-state index contributed by atoms with van der Waals surface area (Å²) in [6.07, 6.45) is 3.25. The van der Waals surface area contributed by atoms with E-state index < -0.39 is 0 Å². The predicted molar refractivity (Wildman–Crippen MR) is 79.8 cm³/mol. The van der Waals surface area contributed by atoms with Gasteiger partial charge < -0.3 is 20.6 Å². The van der Waals surface area contributed by atoms with Crippen LogP contribution in [0, 0.1) is 0 Å². The number of hydrogen-bond acceptors (Lipinski definition) is 5. The molecule has 20 heavy (non-hydrogen) atoms. The smallest absolute Gasteiger partial charge is 0.214 e. The number of nitrogens with zero attached hydrogens (tertiary/aromatic N) is 1. The van der Waals surface area contributed by atoms with Gasteiger partial charge in [0.05, 0.1) is 18.7 Å². The number of furan rings is 1. The first-order valence-corrected chi connectivity index (χ1v) is 6.25. The number of pyridine rings is 1. The molecule has 0 unspecified atom stereocenters. The molecule has 0 spiro atoms. The topological polar surface area (TPSA) is 87.3 Å². The predicted octanol–water partition coefficient (Wildman–Crippen LogP) is 3.32. The van der Waals surface area contributed by atoms with Crippen molar-refractivity contribution in [1.29, 1.82) is 0 Å². The van der Waals surface area contributed by atoms with Gasteiger partial charge >= 0.3 is 0 Å². The Hall–Kier alpha value is -2.40. The number of anilines is 2. The van der Waals surface area contributed by atoms with E-state index in [4.69, 9.17) is 32.2 Å². The van der Waals surface area contributed by atoms with Crippen LogP contribution in [0.5, 0.6) is 5.75 Å². The van der Waals surface area contributed by atoms with Gasteiger partial charge in [0.15, 0.2) is 5.58 Å². The van der Waals surface area contributed by atoms with Crippen LogP contribution in [0.2, 0.25) is 5.02 Å². The highest BCUT2D eigenvalue weighted by Gasteiger charge is 2.17. The number of nitrogens with two attached hydrogens (primary N) is 2. The number of halogens is 1. The first-order chi connectivity index (χ1) is 9.61. The molecule has 0 aliphatic carbocycles. The van der Waals surface area contributed by atoms with Gasteiger partial charge in [-0.2, -0.15) is 0 Å². The Morgan fingerprint density at radius 3 is 2.75 bits per heavy atom. The maximum Gasteiger partial charge on any atom is 0.214 e. The van der Waals surface area contributed by atoms with Crippen molar-refractivity contribution < 1.29 is 9.15 Å². The van der Waals surface area contributed by atoms with Gasteiger partial charge in [0.25, 0.3) is 0 Å². The number of nitrogen functional groups attached to an aromatic ring is 2. The second-order valence-electron chi connectivity index (χ2n) is 4.28. The van der Waals surface area contributed by atoms with Crippen LogP contribution in [0.15, 0.2) is 35.0 Å². The Morgan fingerprint density at radius 2 is 2.00 bits per heavy atom. The molecule has 1 aromatic carbocycles. The summed E-state index contributed by atoms with van der Waals surface area (Å²) in [4.78, 5) is 4.15. The van der Waals surface area contributed by atoms with Gasteiger partial charge in [-0.3, -0.25) is 4.98 Å². The highest BCUT2D eigenvalue weighted by Crippen LogP contribution is 2.41. The van der Waals surface area contributed by atoms with Crippen molar-refractivity contribution in [3.05, 3.63) is 35.6 Å². The lowest BCUT2D eigenvalue weighted by Gasteiger charge is -2.10. The highest BCUT2D eigenvalue weighted by atomic mass is 35.5. The van der Waals surface area contributed by atoms with Crippen molar-refractivity contribution in [1.82, 2.24) is 4.98 Å². The second kappa shape index (κ2) is 4.61. The van der Waals surface area contributed by atoms with Crippen LogP contribution in [0.25, 0.3) is 22.1 Å². The third kappa shape index (κ3) is 1.83. The molecule has 0 aliphatic rings. The van der Waals surface area contributed by atoms with E-state index in [1.807, 2.05) is 0 Å². The van der Waals surface area contributed by atoms with Crippen molar-refractivity contribution in [2.24, 2.45) is 0 Å². The van der Waals surface area contributed by atoms with Gasteiger partial charge in [0.1, 0.15) is 11.4 Å². The van der Waals surface area contributed by atoms with Crippen LogP contribution in [0.3, 0.4) is 0 Å². The van der Waals surface area contributed by atoms with Gasteiger partial charge in [-0.1, -0.05) is 11.6 Å². The van der Waals surface area contributed by atoms with Crippen molar-refractivity contribution in [2.75, 3.05) is 18.6 Å². The summed E-state index contributed by atoms with van der Waals surface area (Å²) in [6.45, 7) is 0. The molecule has 4 N–H and O–H groups in total. The van der Waals surface area contributed by atoms with Crippen LogP contribution >= 0.6 is 11.6 Å². The number of benzene rings is 1. The zero-order valence-electron chi connectivity index (χ0n) is 10.7. The summed E-state index contributed by atoms with van der Waals surface area (Å²) in [6, 6.07) is 5.33. The van der Waals surface area contributed by atoms with E-state index in [2.05, 4.69) is 4.98 Å². The minimum absolute atomic E-state index is 0.176. The van der Waals surface area contributed by atoms with E-state index in [0.29, 0.717) is 27.4 Å². The fourth-order valence-corrected chi connectivity index (χ4v) is 2.36. The average Bonchev–Trinajstić information content (AvgIpc) is 2.74. The molecule has 0 saturated heterocycles. The molecule has 2 heterocycles. The lowest BCUT2D eigenvalue weighted by Crippen LogP contribution is -1.92. The van der Waals surface area contributed by atoms with Crippen molar-refractivity contribution >= 4 is 34.1 Å². The molecule has 5 nitrogen and oxygen atoms in total. The van der Waals surface area contributed by atoms with E-state index in [1.54, 1.807) is 37.7 Å². The molecule has 0 atom stereocenters. The molecular weight excluding hydrogens is 278 g/mol. The standard InChI is InChI=1S/C14H12ClN3O2/c1-19-10-3-2-7(15)4-8(10)9-5-18-6-11-12(9)13(16)14(17)20-11/h2-6H,16-17H2,1H3. The quantitative estimate of drug-likeness (QED) is 0.755. The zero-order valence-corrected chi connectivity index (χ0v) is 11.4. The van der Waals surface area contributed by atoms with Gasteiger partial charge in [0.2, 0.25) is 5.88 Å². The Balaban J connectivity index is 2.38. The molecule has 0 fully saturated rings. The lowest BCUT2D eigenvalue weighted by molar-refractivity contribution is 0.416. The number of hydrogen-bond donors (Lipinski definition) is 2. The Labute approximate surface area is 120 Å². The van der Waals surface area contributed by atoms with Gasteiger partial charge in [-0.25, -0.2) is 0 Å². The van der Waals surface area contributed by atoms with E-state index >= 15 is 0 Å². The SMILES string of the molecule is COc1ccc(Cl)cc1-c1cncc2oc(N)c(N)c12. The molecule has 0 saturated carbocycles. The van der Waals surface area contributed by atoms with Crippen LogP contribution in [0.4, 0.5) is 11.6 Å². The molecule has 0 radical (unpaired) electrons. The lowest BCUT2D eigenvalue weighted by atomic mass is 10.0. The number of fused-ring (bicyclic) bond motifs is 1. The molecule has 102 valence electrons. The minimum atomic E-state index is 0.176. The zero-order chi connectivity index (χ0) is 14.3. The first-order valence-electron chi connectivity index (χ1n) is 5.87. The number of methoxy groups -OCH3 is 1. The monoisotopic (exact) mass is 289 g/mol. The summed E-state index contributed by atoms with van der Waals surface area (Å²) in [5.41, 5.74) is 14.2. The highest BCUT2D eigenvalue weighted by molar-refractivity contribution is 6.31. The normalized spacial score (nSPS) is 10.9. The number of rotatable bonds is 2. The van der Waals surface area contributed by atoms with Crippen LogP contribution < -0.4 is 16.2 Å². The second-order valence-corrected chi connectivity index (χ2v) is 4.72. The summed E-state index contributed by atoms with van der Waals surface area (Å²) in [7, 11) is 1.59. The maximum absolute atomic E-state index is 6.06. The average molecular weight is 290 g/mol. The van der Waals surface area contributed by atoms with Gasteiger partial charge in [0, 0.05) is 22.3 Å². The molecular formula is C14H12ClN3O2. The first kappa shape index (κ1) is 12.6. The van der Waals surface area contributed by atoms with E-state index in [9.17, 15) is 0 Å². The Bertz CT molecular complexity index is 798. The Kier molecular flexibility index (Phi) is 2.91. The third-order valence-corrected chi connectivity index (χ3v) is 3.35. The van der Waals surface area contributed by atoms with Gasteiger partial charge in [-0.05, 0) is 18.2 Å². The molecule has 3 aromatic rings. The van der Waals surface area contributed by atoms with Crippen LogP contribution in [-0.4, -0.2) is 12.1 Å². The van der Waals surface area contributed by atoms with Crippen molar-refractivity contribution in [2.45, 2.75) is 0 Å². The van der Waals surface area contributed by atoms with Crippen molar-refractivity contribution in [3.63, 3.8) is 0 Å². The largest absolute Gasteiger partial charge is 0.496 e. The van der Waals surface area contributed by atoms with E-state index in [1.165, 1.54) is 0 Å². The van der Waals surface area contributed by atoms with Crippen LogP contribution in [-0.2, 0) is 0 Å². The minimum Gasteiger partial charge on any atom is -0.496 e.